The van der Waals surface area contributed by atoms with Crippen molar-refractivity contribution in [2.75, 3.05) is 25.7 Å². The van der Waals surface area contributed by atoms with Crippen LogP contribution in [0, 0.1) is 0 Å². The number of ether oxygens (including phenoxy) is 2. The van der Waals surface area contributed by atoms with E-state index in [1.807, 2.05) is 54.3 Å². The lowest BCUT2D eigenvalue weighted by Crippen LogP contribution is -2.32. The maximum atomic E-state index is 13.4. The highest BCUT2D eigenvalue weighted by Gasteiger charge is 2.27. The lowest BCUT2D eigenvalue weighted by molar-refractivity contribution is 0.0988. The molecule has 0 spiro atoms. The molecule has 0 N–H and O–H groups in total. The van der Waals surface area contributed by atoms with Crippen LogP contribution in [0.25, 0.3) is 0 Å². The van der Waals surface area contributed by atoms with E-state index in [1.165, 1.54) is 16.7 Å². The van der Waals surface area contributed by atoms with Crippen LogP contribution >= 0.6 is 15.9 Å². The van der Waals surface area contributed by atoms with Crippen molar-refractivity contribution in [2.45, 2.75) is 32.1 Å². The average molecular weight is 494 g/mol. The van der Waals surface area contributed by atoms with Gasteiger partial charge in [0.05, 0.1) is 19.9 Å². The first kappa shape index (κ1) is 22.4. The van der Waals surface area contributed by atoms with Gasteiger partial charge in [-0.1, -0.05) is 28.1 Å². The average Bonchev–Trinajstić information content (AvgIpc) is 2.84. The minimum absolute atomic E-state index is 0.00421. The van der Waals surface area contributed by atoms with Crippen LogP contribution < -0.4 is 14.4 Å². The van der Waals surface area contributed by atoms with E-state index in [9.17, 15) is 4.79 Å². The van der Waals surface area contributed by atoms with E-state index in [-0.39, 0.29) is 5.91 Å². The van der Waals surface area contributed by atoms with Crippen molar-refractivity contribution < 1.29 is 14.3 Å². The van der Waals surface area contributed by atoms with Crippen LogP contribution in [-0.4, -0.2) is 26.7 Å². The van der Waals surface area contributed by atoms with Crippen molar-refractivity contribution in [1.82, 2.24) is 0 Å². The molecule has 0 fully saturated rings. The Morgan fingerprint density at radius 2 is 1.66 bits per heavy atom. The van der Waals surface area contributed by atoms with Gasteiger partial charge in [0.15, 0.2) is 0 Å². The maximum Gasteiger partial charge on any atom is 0.258 e. The lowest BCUT2D eigenvalue weighted by atomic mass is 9.79. The molecule has 1 unspecified atom stereocenters. The number of anilines is 1. The predicted octanol–water partition coefficient (Wildman–Crippen LogP) is 6.41. The summed E-state index contributed by atoms with van der Waals surface area (Å²) in [6, 6.07) is 20.0. The van der Waals surface area contributed by atoms with Gasteiger partial charge in [0.1, 0.15) is 11.5 Å². The standard InChI is InChI=1S/C27H28BrNO3/c1-4-29(27(30)18-7-10-22(28)11-8-18)26-17-24(32-3)13-14-25(26)21-6-5-20-16-23(31-2)12-9-19(20)15-21/h7-14,16-17,21H,4-6,15H2,1-3H3. The zero-order valence-electron chi connectivity index (χ0n) is 18.7. The van der Waals surface area contributed by atoms with Crippen molar-refractivity contribution in [1.29, 1.82) is 0 Å². The molecule has 4 rings (SSSR count). The number of amides is 1. The van der Waals surface area contributed by atoms with E-state index in [4.69, 9.17) is 9.47 Å². The second kappa shape index (κ2) is 9.78. The molecule has 0 saturated carbocycles. The molecular formula is C27H28BrNO3. The van der Waals surface area contributed by atoms with Crippen LogP contribution in [0.5, 0.6) is 11.5 Å². The number of benzene rings is 3. The molecule has 1 aliphatic rings. The Labute approximate surface area is 198 Å². The molecule has 5 heteroatoms. The third kappa shape index (κ3) is 4.53. The quantitative estimate of drug-likeness (QED) is 0.398. The van der Waals surface area contributed by atoms with Crippen molar-refractivity contribution in [3.8, 4) is 11.5 Å². The summed E-state index contributed by atoms with van der Waals surface area (Å²) < 4.78 is 11.9. The number of carbonyl (C=O) groups is 1. The maximum absolute atomic E-state index is 13.4. The van der Waals surface area contributed by atoms with Gasteiger partial charge in [0.2, 0.25) is 0 Å². The van der Waals surface area contributed by atoms with Crippen LogP contribution in [-0.2, 0) is 12.8 Å². The van der Waals surface area contributed by atoms with Crippen molar-refractivity contribution in [2.24, 2.45) is 0 Å². The number of rotatable bonds is 6. The summed E-state index contributed by atoms with van der Waals surface area (Å²) in [5, 5.41) is 0. The van der Waals surface area contributed by atoms with Gasteiger partial charge in [-0.05, 0) is 91.3 Å². The number of hydrogen-bond donors (Lipinski definition) is 0. The number of carbonyl (C=O) groups excluding carboxylic acids is 1. The topological polar surface area (TPSA) is 38.8 Å². The highest BCUT2D eigenvalue weighted by molar-refractivity contribution is 9.10. The lowest BCUT2D eigenvalue weighted by Gasteiger charge is -2.31. The Kier molecular flexibility index (Phi) is 6.85. The van der Waals surface area contributed by atoms with Gasteiger partial charge in [0.25, 0.3) is 5.91 Å². The Bertz CT molecular complexity index is 1110. The zero-order chi connectivity index (χ0) is 22.7. The number of fused-ring (bicyclic) bond motifs is 1. The molecule has 32 heavy (non-hydrogen) atoms. The number of aryl methyl sites for hydroxylation is 1. The van der Waals surface area contributed by atoms with Gasteiger partial charge < -0.3 is 14.4 Å². The monoisotopic (exact) mass is 493 g/mol. The smallest absolute Gasteiger partial charge is 0.258 e. The Hall–Kier alpha value is -2.79. The second-order valence-electron chi connectivity index (χ2n) is 8.06. The number of hydrogen-bond acceptors (Lipinski definition) is 3. The molecule has 0 bridgehead atoms. The van der Waals surface area contributed by atoms with Crippen LogP contribution in [0.2, 0.25) is 0 Å². The fraction of sp³-hybridized carbons (Fsp3) is 0.296. The van der Waals surface area contributed by atoms with E-state index in [1.54, 1.807) is 14.2 Å². The fourth-order valence-electron chi connectivity index (χ4n) is 4.52. The zero-order valence-corrected chi connectivity index (χ0v) is 20.3. The molecule has 166 valence electrons. The first-order valence-corrected chi connectivity index (χ1v) is 11.7. The van der Waals surface area contributed by atoms with E-state index in [0.29, 0.717) is 18.0 Å². The normalized spacial score (nSPS) is 15.1. The van der Waals surface area contributed by atoms with Crippen molar-refractivity contribution in [3.63, 3.8) is 0 Å². The molecule has 0 radical (unpaired) electrons. The summed E-state index contributed by atoms with van der Waals surface area (Å²) in [4.78, 5) is 15.3. The van der Waals surface area contributed by atoms with E-state index in [0.717, 1.165) is 40.9 Å². The Morgan fingerprint density at radius 1 is 0.969 bits per heavy atom. The minimum Gasteiger partial charge on any atom is -0.497 e. The van der Waals surface area contributed by atoms with E-state index >= 15 is 0 Å². The Balaban J connectivity index is 1.70. The van der Waals surface area contributed by atoms with E-state index < -0.39 is 0 Å². The minimum atomic E-state index is -0.00421. The molecular weight excluding hydrogens is 466 g/mol. The van der Waals surface area contributed by atoms with Gasteiger partial charge in [0, 0.05) is 22.6 Å². The summed E-state index contributed by atoms with van der Waals surface area (Å²) >= 11 is 3.45. The van der Waals surface area contributed by atoms with Crippen LogP contribution in [0.1, 0.15) is 46.3 Å². The van der Waals surface area contributed by atoms with Gasteiger partial charge in [-0.2, -0.15) is 0 Å². The van der Waals surface area contributed by atoms with Crippen LogP contribution in [0.3, 0.4) is 0 Å². The molecule has 4 nitrogen and oxygen atoms in total. The molecule has 3 aromatic carbocycles. The highest BCUT2D eigenvalue weighted by Crippen LogP contribution is 2.40. The molecule has 1 aliphatic carbocycles. The fourth-order valence-corrected chi connectivity index (χ4v) is 4.79. The number of nitrogens with zero attached hydrogens (tertiary/aromatic N) is 1. The van der Waals surface area contributed by atoms with Crippen molar-refractivity contribution in [3.05, 3.63) is 87.4 Å². The first-order valence-electron chi connectivity index (χ1n) is 10.9. The van der Waals surface area contributed by atoms with Gasteiger partial charge in [-0.3, -0.25) is 4.79 Å². The Morgan fingerprint density at radius 3 is 2.34 bits per heavy atom. The summed E-state index contributed by atoms with van der Waals surface area (Å²) in [6.45, 7) is 2.60. The van der Waals surface area contributed by atoms with Crippen molar-refractivity contribution >= 4 is 27.5 Å². The second-order valence-corrected chi connectivity index (χ2v) is 8.97. The SMILES string of the molecule is CCN(C(=O)c1ccc(Br)cc1)c1cc(OC)ccc1C1CCc2cc(OC)ccc2C1. The molecule has 0 heterocycles. The molecule has 3 aromatic rings. The molecule has 0 saturated heterocycles. The highest BCUT2D eigenvalue weighted by atomic mass is 79.9. The summed E-state index contributed by atoms with van der Waals surface area (Å²) in [5.41, 5.74) is 5.51. The number of methoxy groups -OCH3 is 2. The first-order chi connectivity index (χ1) is 15.5. The van der Waals surface area contributed by atoms with Gasteiger partial charge >= 0.3 is 0 Å². The van der Waals surface area contributed by atoms with Gasteiger partial charge in [-0.25, -0.2) is 0 Å². The summed E-state index contributed by atoms with van der Waals surface area (Å²) in [5.74, 6) is 2.00. The van der Waals surface area contributed by atoms with Crippen LogP contribution in [0.15, 0.2) is 65.1 Å². The van der Waals surface area contributed by atoms with Gasteiger partial charge in [-0.15, -0.1) is 0 Å². The third-order valence-corrected chi connectivity index (χ3v) is 6.79. The molecule has 0 aliphatic heterocycles. The number of halogens is 1. The third-order valence-electron chi connectivity index (χ3n) is 6.26. The molecule has 1 atom stereocenters. The predicted molar refractivity (Wildman–Crippen MR) is 132 cm³/mol. The molecule has 1 amide bonds. The summed E-state index contributed by atoms with van der Waals surface area (Å²) in [7, 11) is 3.37. The molecule has 0 aromatic heterocycles. The largest absolute Gasteiger partial charge is 0.497 e. The summed E-state index contributed by atoms with van der Waals surface area (Å²) in [6.07, 6.45) is 2.97. The van der Waals surface area contributed by atoms with E-state index in [2.05, 4.69) is 34.1 Å². The van der Waals surface area contributed by atoms with Crippen LogP contribution in [0.4, 0.5) is 5.69 Å².